The second-order valence-electron chi connectivity index (χ2n) is 23.8. The normalized spacial score (nSPS) is 22.2. The fraction of sp³-hybridized carbons (Fsp3) is 0.246. The van der Waals surface area contributed by atoms with Crippen LogP contribution in [-0.2, 0) is 10.8 Å². The van der Waals surface area contributed by atoms with Gasteiger partial charge in [-0.3, -0.25) is 0 Å². The van der Waals surface area contributed by atoms with E-state index in [0.717, 1.165) is 12.8 Å². The quantitative estimate of drug-likeness (QED) is 0.155. The summed E-state index contributed by atoms with van der Waals surface area (Å²) in [5.41, 5.74) is 28.7. The summed E-state index contributed by atoms with van der Waals surface area (Å²) in [4.78, 5) is 0. The summed E-state index contributed by atoms with van der Waals surface area (Å²) >= 11 is 0. The van der Waals surface area contributed by atoms with Crippen LogP contribution < -0.4 is 0 Å². The fourth-order valence-electron chi connectivity index (χ4n) is 14.4. The van der Waals surface area contributed by atoms with Crippen molar-refractivity contribution in [3.8, 4) is 44.5 Å². The van der Waals surface area contributed by atoms with E-state index in [0.29, 0.717) is 5.92 Å². The number of rotatable bonds is 3. The Morgan fingerprint density at radius 2 is 1.17 bits per heavy atom. The van der Waals surface area contributed by atoms with Crippen molar-refractivity contribution in [2.24, 2.45) is 23.2 Å². The van der Waals surface area contributed by atoms with E-state index in [9.17, 15) is 0 Å². The second kappa shape index (κ2) is 14.2. The predicted octanol–water partition coefficient (Wildman–Crippen LogP) is 18.5. The van der Waals surface area contributed by atoms with Crippen LogP contribution in [-0.4, -0.2) is 0 Å². The Morgan fingerprint density at radius 3 is 1.90 bits per heavy atom. The van der Waals surface area contributed by atoms with Crippen LogP contribution in [0.3, 0.4) is 0 Å². The highest BCUT2D eigenvalue weighted by Gasteiger charge is 2.53. The van der Waals surface area contributed by atoms with Gasteiger partial charge in [-0.15, -0.1) is 0 Å². The number of hydrogen-bond acceptors (Lipinski definition) is 0. The van der Waals surface area contributed by atoms with Crippen LogP contribution in [0.15, 0.2) is 198 Å². The van der Waals surface area contributed by atoms with Crippen LogP contribution in [0.4, 0.5) is 0 Å². The molecule has 0 saturated carbocycles. The van der Waals surface area contributed by atoms with Gasteiger partial charge in [0, 0.05) is 17.8 Å². The van der Waals surface area contributed by atoms with Crippen molar-refractivity contribution < 1.29 is 0 Å². The third-order valence-electron chi connectivity index (χ3n) is 17.7. The van der Waals surface area contributed by atoms with E-state index in [1.807, 2.05) is 0 Å². The SMILES string of the molecule is CC(C)(C)C1=CC2C(C(C3=CC=C4c5c(c(-c6ccccc6)c6c(cc7c8c(cccc86)-c6ccccc6-7)c5-c5ccccc5)C5=CC6=C(C=CCC6)C3C45)=C1)c1ccc(C(C)(C)C)cc1C2(C)C. The Hall–Kier alpha value is -6.76. The van der Waals surface area contributed by atoms with E-state index in [-0.39, 0.29) is 34.0 Å². The van der Waals surface area contributed by atoms with Crippen molar-refractivity contribution in [2.45, 2.75) is 85.0 Å². The zero-order chi connectivity index (χ0) is 46.9. The first-order valence-electron chi connectivity index (χ1n) is 25.7. The molecule has 7 aliphatic carbocycles. The van der Waals surface area contributed by atoms with Crippen LogP contribution in [0.25, 0.3) is 77.2 Å². The standard InChI is InChI=1S/C69H60/c1-67(2,3)42-30-31-49-56(36-42)69(7,8)57-37-43(68(4,5)6)35-52(61(49)57)48-32-33-51-64-54(34-41-24-15-16-25-44(41)62(48)64)66-59(40-22-13-10-14-23-40)63-50-29-19-28-47-45-26-17-18-27-46(45)53(60(47)50)38-55(63)58(65(51)66)39-20-11-9-12-21-39/h9-14,16-23,25-38,57,61-62,64H,15,24H2,1-8H3. The third kappa shape index (κ3) is 5.64. The topological polar surface area (TPSA) is 0 Å². The summed E-state index contributed by atoms with van der Waals surface area (Å²) in [6.07, 6.45) is 20.4. The minimum atomic E-state index is -0.0241. The van der Waals surface area contributed by atoms with E-state index >= 15 is 0 Å². The molecule has 7 aromatic carbocycles. The van der Waals surface area contributed by atoms with E-state index in [1.165, 1.54) is 133 Å². The number of benzene rings is 7. The summed E-state index contributed by atoms with van der Waals surface area (Å²) in [5, 5.41) is 5.45. The van der Waals surface area contributed by atoms with Gasteiger partial charge in [-0.2, -0.15) is 0 Å². The Labute approximate surface area is 408 Å². The summed E-state index contributed by atoms with van der Waals surface area (Å²) in [7, 11) is 0. The average Bonchev–Trinajstić information content (AvgIpc) is 3.94. The third-order valence-corrected chi connectivity index (χ3v) is 17.7. The lowest BCUT2D eigenvalue weighted by atomic mass is 9.60. The Bertz CT molecular complexity index is 3680. The molecule has 0 heteroatoms. The predicted molar refractivity (Wildman–Crippen MR) is 293 cm³/mol. The van der Waals surface area contributed by atoms with Crippen LogP contribution in [0.1, 0.15) is 102 Å². The Kier molecular flexibility index (Phi) is 8.47. The highest BCUT2D eigenvalue weighted by atomic mass is 14.6. The van der Waals surface area contributed by atoms with Gasteiger partial charge in [0.1, 0.15) is 0 Å². The van der Waals surface area contributed by atoms with Crippen molar-refractivity contribution in [3.05, 3.63) is 226 Å². The molecule has 0 aromatic heterocycles. The largest absolute Gasteiger partial charge is 0.0839 e. The van der Waals surface area contributed by atoms with Gasteiger partial charge in [0.15, 0.2) is 0 Å². The first kappa shape index (κ1) is 41.2. The Morgan fingerprint density at radius 1 is 0.507 bits per heavy atom. The van der Waals surface area contributed by atoms with Crippen molar-refractivity contribution in [3.63, 3.8) is 0 Å². The van der Waals surface area contributed by atoms with Gasteiger partial charge in [0.2, 0.25) is 0 Å². The molecule has 7 aromatic rings. The van der Waals surface area contributed by atoms with Crippen molar-refractivity contribution in [1.29, 1.82) is 0 Å². The van der Waals surface area contributed by atoms with Gasteiger partial charge < -0.3 is 0 Å². The molecule has 0 bridgehead atoms. The second-order valence-corrected chi connectivity index (χ2v) is 23.8. The molecule has 0 amide bonds. The summed E-state index contributed by atoms with van der Waals surface area (Å²) in [5.74, 6) is 1.00. The lowest BCUT2D eigenvalue weighted by Gasteiger charge is -2.43. The number of fused-ring (bicyclic) bond motifs is 12. The Balaban J connectivity index is 1.10. The van der Waals surface area contributed by atoms with Gasteiger partial charge in [-0.1, -0.05) is 219 Å². The minimum absolute atomic E-state index is 0.00409. The molecular formula is C69H60. The molecule has 4 atom stereocenters. The summed E-state index contributed by atoms with van der Waals surface area (Å²) < 4.78 is 0. The molecule has 0 saturated heterocycles. The van der Waals surface area contributed by atoms with Gasteiger partial charge in [0.25, 0.3) is 0 Å². The molecule has 0 heterocycles. The van der Waals surface area contributed by atoms with Crippen molar-refractivity contribution in [2.75, 3.05) is 0 Å². The van der Waals surface area contributed by atoms with Gasteiger partial charge in [-0.05, 0) is 174 Å². The zero-order valence-corrected chi connectivity index (χ0v) is 41.4. The first-order valence-corrected chi connectivity index (χ1v) is 25.7. The molecule has 0 aliphatic heterocycles. The summed E-state index contributed by atoms with van der Waals surface area (Å²) in [6, 6.07) is 49.1. The molecule has 0 radical (unpaired) electrons. The highest BCUT2D eigenvalue weighted by molar-refractivity contribution is 6.31. The minimum Gasteiger partial charge on any atom is -0.0839 e. The monoisotopic (exact) mass is 888 g/mol. The molecular weight excluding hydrogens is 829 g/mol. The number of allylic oxidation sites excluding steroid dienone is 14. The zero-order valence-electron chi connectivity index (χ0n) is 41.4. The fourth-order valence-corrected chi connectivity index (χ4v) is 14.4. The maximum absolute atomic E-state index is 2.69. The van der Waals surface area contributed by atoms with E-state index in [1.54, 1.807) is 0 Å². The average molecular weight is 889 g/mol. The van der Waals surface area contributed by atoms with Crippen LogP contribution in [0, 0.1) is 23.2 Å². The maximum atomic E-state index is 2.69. The maximum Gasteiger partial charge on any atom is 0.0212 e. The molecule has 0 spiro atoms. The molecule has 69 heavy (non-hydrogen) atoms. The van der Waals surface area contributed by atoms with E-state index in [4.69, 9.17) is 0 Å². The molecule has 0 N–H and O–H groups in total. The van der Waals surface area contributed by atoms with E-state index < -0.39 is 0 Å². The van der Waals surface area contributed by atoms with Gasteiger partial charge in [0.05, 0.1) is 0 Å². The molecule has 0 nitrogen and oxygen atoms in total. The van der Waals surface area contributed by atoms with Gasteiger partial charge >= 0.3 is 0 Å². The van der Waals surface area contributed by atoms with Crippen LogP contribution >= 0.6 is 0 Å². The molecule has 4 unspecified atom stereocenters. The van der Waals surface area contributed by atoms with E-state index in [2.05, 4.69) is 225 Å². The van der Waals surface area contributed by atoms with Crippen molar-refractivity contribution >= 4 is 32.7 Å². The molecule has 0 fully saturated rings. The lowest BCUT2D eigenvalue weighted by Crippen LogP contribution is -2.32. The molecule has 336 valence electrons. The van der Waals surface area contributed by atoms with Crippen LogP contribution in [0.5, 0.6) is 0 Å². The van der Waals surface area contributed by atoms with Crippen LogP contribution in [0.2, 0.25) is 0 Å². The molecule has 7 aliphatic rings. The first-order chi connectivity index (χ1) is 33.3. The molecule has 14 rings (SSSR count). The van der Waals surface area contributed by atoms with Crippen molar-refractivity contribution in [1.82, 2.24) is 0 Å². The van der Waals surface area contributed by atoms with Gasteiger partial charge in [-0.25, -0.2) is 0 Å². The summed E-state index contributed by atoms with van der Waals surface area (Å²) in [6.45, 7) is 19.4. The lowest BCUT2D eigenvalue weighted by molar-refractivity contribution is 0.373. The smallest absolute Gasteiger partial charge is 0.0212 e. The highest BCUT2D eigenvalue weighted by Crippen LogP contribution is 2.67. The number of hydrogen-bond donors (Lipinski definition) is 0.